The van der Waals surface area contributed by atoms with Crippen molar-refractivity contribution in [2.45, 2.75) is 65.9 Å². The summed E-state index contributed by atoms with van der Waals surface area (Å²) in [5.41, 5.74) is 2.82. The van der Waals surface area contributed by atoms with Crippen molar-refractivity contribution in [2.24, 2.45) is 5.41 Å². The molecule has 4 nitrogen and oxygen atoms in total. The van der Waals surface area contributed by atoms with Gasteiger partial charge in [-0.05, 0) is 78.3 Å². The van der Waals surface area contributed by atoms with Crippen LogP contribution in [0, 0.1) is 12.3 Å². The lowest BCUT2D eigenvalue weighted by molar-refractivity contribution is 0.0216. The van der Waals surface area contributed by atoms with Crippen LogP contribution in [-0.4, -0.2) is 30.9 Å². The molecule has 0 fully saturated rings. The van der Waals surface area contributed by atoms with Gasteiger partial charge in [-0.15, -0.1) is 11.3 Å². The first-order valence-corrected chi connectivity index (χ1v) is 12.5. The van der Waals surface area contributed by atoms with E-state index in [1.54, 1.807) is 11.3 Å². The number of aliphatic hydroxyl groups excluding tert-OH is 1. The monoisotopic (exact) mass is 468 g/mol. The molecule has 3 rings (SSSR count). The maximum Gasteiger partial charge on any atom is 0.337 e. The first-order chi connectivity index (χ1) is 15.6. The molecule has 0 saturated heterocycles. The maximum atomic E-state index is 11.8. The molecule has 2 unspecified atom stereocenters. The van der Waals surface area contributed by atoms with Crippen molar-refractivity contribution in [2.75, 3.05) is 13.7 Å². The van der Waals surface area contributed by atoms with Crippen molar-refractivity contribution in [1.29, 1.82) is 0 Å². The van der Waals surface area contributed by atoms with Crippen LogP contribution in [0.4, 0.5) is 0 Å². The Bertz CT molecular complexity index is 1090. The minimum Gasteiger partial charge on any atom is -0.491 e. The van der Waals surface area contributed by atoms with Gasteiger partial charge in [0, 0.05) is 9.58 Å². The molecule has 0 aliphatic heterocycles. The molecule has 0 aliphatic carbocycles. The summed E-state index contributed by atoms with van der Waals surface area (Å²) in [7, 11) is 1.41. The largest absolute Gasteiger partial charge is 0.491 e. The minimum absolute atomic E-state index is 0.200. The Kier molecular flexibility index (Phi) is 8.19. The van der Waals surface area contributed by atoms with E-state index in [1.165, 1.54) is 22.9 Å². The second-order valence-electron chi connectivity index (χ2n) is 9.82. The molecule has 1 N–H and O–H groups in total. The van der Waals surface area contributed by atoms with Crippen LogP contribution in [0.15, 0.2) is 42.5 Å². The molecule has 2 aromatic carbocycles. The SMILES string of the molecule is CCC(CCc1cc2ccc(C(=O)OC)cc2s1)c1ccc(OCC(O)C(C)(C)C)c(C)c1. The van der Waals surface area contributed by atoms with E-state index in [0.29, 0.717) is 18.1 Å². The lowest BCUT2D eigenvalue weighted by atomic mass is 9.89. The molecule has 2 atom stereocenters. The van der Waals surface area contributed by atoms with Crippen molar-refractivity contribution in [3.63, 3.8) is 0 Å². The highest BCUT2D eigenvalue weighted by atomic mass is 32.1. The highest BCUT2D eigenvalue weighted by molar-refractivity contribution is 7.19. The number of benzene rings is 2. The van der Waals surface area contributed by atoms with Crippen LogP contribution in [0.3, 0.4) is 0 Å². The normalized spacial score (nSPS) is 13.7. The van der Waals surface area contributed by atoms with Crippen molar-refractivity contribution >= 4 is 27.4 Å². The average molecular weight is 469 g/mol. The van der Waals surface area contributed by atoms with E-state index >= 15 is 0 Å². The second kappa shape index (κ2) is 10.7. The first kappa shape index (κ1) is 25.3. The molecule has 0 saturated carbocycles. The summed E-state index contributed by atoms with van der Waals surface area (Å²) < 4.78 is 11.9. The number of rotatable bonds is 9. The average Bonchev–Trinajstić information content (AvgIpc) is 3.19. The molecule has 5 heteroatoms. The molecule has 0 radical (unpaired) electrons. The summed E-state index contributed by atoms with van der Waals surface area (Å²) in [6.45, 7) is 10.6. The molecular formula is C28H36O4S. The quantitative estimate of drug-likeness (QED) is 0.347. The fourth-order valence-electron chi connectivity index (χ4n) is 3.88. The number of carbonyl (C=O) groups is 1. The summed E-state index contributed by atoms with van der Waals surface area (Å²) in [6, 6.07) is 14.4. The number of thiophene rings is 1. The van der Waals surface area contributed by atoms with E-state index in [0.717, 1.165) is 35.3 Å². The predicted octanol–water partition coefficient (Wildman–Crippen LogP) is 6.91. The maximum absolute atomic E-state index is 11.8. The Labute approximate surface area is 201 Å². The van der Waals surface area contributed by atoms with E-state index in [1.807, 2.05) is 45.0 Å². The van der Waals surface area contributed by atoms with Gasteiger partial charge in [-0.1, -0.05) is 45.9 Å². The summed E-state index contributed by atoms with van der Waals surface area (Å²) in [6.07, 6.45) is 2.63. The molecule has 33 heavy (non-hydrogen) atoms. The number of ether oxygens (including phenoxy) is 2. The highest BCUT2D eigenvalue weighted by Gasteiger charge is 2.23. The molecule has 1 aromatic heterocycles. The molecule has 0 bridgehead atoms. The van der Waals surface area contributed by atoms with E-state index < -0.39 is 6.10 Å². The number of methoxy groups -OCH3 is 1. The Morgan fingerprint density at radius 3 is 2.52 bits per heavy atom. The standard InChI is InChI=1S/C28H36O4S/c1-7-19(20-11-13-24(18(2)14-20)32-17-26(29)28(3,4)5)10-12-23-15-21-8-9-22(27(30)31-6)16-25(21)33-23/h8-9,11,13-16,19,26,29H,7,10,12,17H2,1-6H3. The summed E-state index contributed by atoms with van der Waals surface area (Å²) in [4.78, 5) is 13.1. The molecule has 0 spiro atoms. The number of hydrogen-bond acceptors (Lipinski definition) is 5. The molecule has 0 amide bonds. The van der Waals surface area contributed by atoms with E-state index in [9.17, 15) is 9.90 Å². The number of esters is 1. The predicted molar refractivity (Wildman–Crippen MR) is 137 cm³/mol. The Balaban J connectivity index is 1.66. The zero-order chi connectivity index (χ0) is 24.2. The lowest BCUT2D eigenvalue weighted by Crippen LogP contribution is -2.32. The van der Waals surface area contributed by atoms with Crippen molar-refractivity contribution in [3.05, 3.63) is 64.0 Å². The third kappa shape index (κ3) is 6.36. The molecule has 1 heterocycles. The van der Waals surface area contributed by atoms with Gasteiger partial charge in [0.25, 0.3) is 0 Å². The number of aliphatic hydroxyl groups is 1. The van der Waals surface area contributed by atoms with Gasteiger partial charge in [-0.3, -0.25) is 0 Å². The van der Waals surface area contributed by atoms with Crippen LogP contribution in [0.25, 0.3) is 10.1 Å². The Morgan fingerprint density at radius 2 is 1.88 bits per heavy atom. The minimum atomic E-state index is -0.509. The van der Waals surface area contributed by atoms with Crippen molar-refractivity contribution in [3.8, 4) is 5.75 Å². The number of fused-ring (bicyclic) bond motifs is 1. The molecular weight excluding hydrogens is 432 g/mol. The molecule has 0 aliphatic rings. The van der Waals surface area contributed by atoms with E-state index in [4.69, 9.17) is 9.47 Å². The van der Waals surface area contributed by atoms with Crippen LogP contribution in [0.1, 0.15) is 72.8 Å². The van der Waals surface area contributed by atoms with Gasteiger partial charge in [-0.25, -0.2) is 4.79 Å². The van der Waals surface area contributed by atoms with E-state index in [2.05, 4.69) is 32.0 Å². The first-order valence-electron chi connectivity index (χ1n) is 11.6. The number of aryl methyl sites for hydroxylation is 2. The third-order valence-electron chi connectivity index (χ3n) is 6.29. The third-order valence-corrected chi connectivity index (χ3v) is 7.45. The van der Waals surface area contributed by atoms with Crippen LogP contribution < -0.4 is 4.74 Å². The summed E-state index contributed by atoms with van der Waals surface area (Å²) in [5, 5.41) is 11.4. The fourth-order valence-corrected chi connectivity index (χ4v) is 5.00. The van der Waals surface area contributed by atoms with Gasteiger partial charge in [0.05, 0.1) is 18.8 Å². The van der Waals surface area contributed by atoms with Crippen molar-refractivity contribution < 1.29 is 19.4 Å². The van der Waals surface area contributed by atoms with Crippen LogP contribution in [-0.2, 0) is 11.2 Å². The summed E-state index contributed by atoms with van der Waals surface area (Å²) in [5.74, 6) is 1.00. The number of hydrogen-bond donors (Lipinski definition) is 1. The highest BCUT2D eigenvalue weighted by Crippen LogP contribution is 2.33. The van der Waals surface area contributed by atoms with Gasteiger partial charge in [0.1, 0.15) is 12.4 Å². The fraction of sp³-hybridized carbons (Fsp3) is 0.464. The summed E-state index contributed by atoms with van der Waals surface area (Å²) >= 11 is 1.75. The second-order valence-corrected chi connectivity index (χ2v) is 11.0. The van der Waals surface area contributed by atoms with E-state index in [-0.39, 0.29) is 11.4 Å². The molecule has 178 valence electrons. The zero-order valence-corrected chi connectivity index (χ0v) is 21.4. The smallest absolute Gasteiger partial charge is 0.337 e. The van der Waals surface area contributed by atoms with Gasteiger partial charge in [0.15, 0.2) is 0 Å². The van der Waals surface area contributed by atoms with Crippen LogP contribution >= 0.6 is 11.3 Å². The van der Waals surface area contributed by atoms with Gasteiger partial charge in [-0.2, -0.15) is 0 Å². The Morgan fingerprint density at radius 1 is 1.12 bits per heavy atom. The topological polar surface area (TPSA) is 55.8 Å². The lowest BCUT2D eigenvalue weighted by Gasteiger charge is -2.26. The van der Waals surface area contributed by atoms with Gasteiger partial charge < -0.3 is 14.6 Å². The van der Waals surface area contributed by atoms with Gasteiger partial charge >= 0.3 is 5.97 Å². The Hall–Kier alpha value is -2.37. The van der Waals surface area contributed by atoms with Crippen molar-refractivity contribution in [1.82, 2.24) is 0 Å². The zero-order valence-electron chi connectivity index (χ0n) is 20.6. The molecule has 3 aromatic rings. The number of carbonyl (C=O) groups excluding carboxylic acids is 1. The van der Waals surface area contributed by atoms with Gasteiger partial charge in [0.2, 0.25) is 0 Å². The van der Waals surface area contributed by atoms with Crippen LogP contribution in [0.5, 0.6) is 5.75 Å². The van der Waals surface area contributed by atoms with Crippen LogP contribution in [0.2, 0.25) is 0 Å².